The molecule has 1 unspecified atom stereocenters. The zero-order valence-electron chi connectivity index (χ0n) is 12.1. The number of nitrogens with zero attached hydrogens (tertiary/aromatic N) is 2. The third-order valence-electron chi connectivity index (χ3n) is 3.11. The highest BCUT2D eigenvalue weighted by atomic mass is 35.5. The molecule has 0 fully saturated rings. The molecule has 1 aromatic heterocycles. The lowest BCUT2D eigenvalue weighted by Crippen LogP contribution is -2.42. The molecule has 1 amide bonds. The Balaban J connectivity index is 3.11. The largest absolute Gasteiger partial charge is 0.480 e. The third-order valence-corrected chi connectivity index (χ3v) is 3.31. The van der Waals surface area contributed by atoms with Crippen molar-refractivity contribution < 1.29 is 14.7 Å². The van der Waals surface area contributed by atoms with Gasteiger partial charge in [0.05, 0.1) is 0 Å². The summed E-state index contributed by atoms with van der Waals surface area (Å²) >= 11 is 5.92. The number of carboxylic acid groups (broad SMARTS) is 1. The van der Waals surface area contributed by atoms with Crippen LogP contribution in [0.1, 0.15) is 49.2 Å². The SMILES string of the molecule is CCC(C(=O)O)N(C)C(=O)c1cc(Cl)nc(C(C)C)c1. The van der Waals surface area contributed by atoms with Crippen LogP contribution in [0.2, 0.25) is 5.15 Å². The van der Waals surface area contributed by atoms with Crippen molar-refractivity contribution in [1.29, 1.82) is 0 Å². The van der Waals surface area contributed by atoms with Crippen molar-refractivity contribution in [3.05, 3.63) is 28.5 Å². The minimum absolute atomic E-state index is 0.131. The Morgan fingerprint density at radius 1 is 1.40 bits per heavy atom. The van der Waals surface area contributed by atoms with Gasteiger partial charge in [0.15, 0.2) is 0 Å². The van der Waals surface area contributed by atoms with Crippen LogP contribution in [0, 0.1) is 0 Å². The first kappa shape index (κ1) is 16.4. The lowest BCUT2D eigenvalue weighted by atomic mass is 10.1. The maximum absolute atomic E-state index is 12.4. The van der Waals surface area contributed by atoms with E-state index in [-0.39, 0.29) is 17.0 Å². The van der Waals surface area contributed by atoms with E-state index in [1.54, 1.807) is 13.0 Å². The zero-order valence-corrected chi connectivity index (χ0v) is 12.8. The number of hydrogen-bond donors (Lipinski definition) is 1. The van der Waals surface area contributed by atoms with Crippen molar-refractivity contribution in [2.75, 3.05) is 7.05 Å². The lowest BCUT2D eigenvalue weighted by molar-refractivity contribution is -0.142. The van der Waals surface area contributed by atoms with E-state index in [0.717, 1.165) is 0 Å². The van der Waals surface area contributed by atoms with Crippen LogP contribution in [0.4, 0.5) is 0 Å². The van der Waals surface area contributed by atoms with Crippen LogP contribution in [-0.4, -0.2) is 40.0 Å². The Hall–Kier alpha value is -1.62. The summed E-state index contributed by atoms with van der Waals surface area (Å²) in [5.41, 5.74) is 1.06. The number of aromatic nitrogens is 1. The highest BCUT2D eigenvalue weighted by molar-refractivity contribution is 6.29. The maximum atomic E-state index is 12.4. The van der Waals surface area contributed by atoms with Gasteiger partial charge < -0.3 is 10.0 Å². The molecule has 0 bridgehead atoms. The molecule has 0 aliphatic carbocycles. The average molecular weight is 299 g/mol. The number of halogens is 1. The van der Waals surface area contributed by atoms with Gasteiger partial charge in [0, 0.05) is 18.3 Å². The molecular formula is C14H19ClN2O3. The van der Waals surface area contributed by atoms with E-state index in [2.05, 4.69) is 4.98 Å². The van der Waals surface area contributed by atoms with Gasteiger partial charge in [0.1, 0.15) is 11.2 Å². The summed E-state index contributed by atoms with van der Waals surface area (Å²) in [6, 6.07) is 2.27. The smallest absolute Gasteiger partial charge is 0.326 e. The molecule has 0 aliphatic heterocycles. The summed E-state index contributed by atoms with van der Waals surface area (Å²) in [7, 11) is 1.48. The van der Waals surface area contributed by atoms with E-state index < -0.39 is 12.0 Å². The molecule has 1 atom stereocenters. The lowest BCUT2D eigenvalue weighted by Gasteiger charge is -2.24. The van der Waals surface area contributed by atoms with Crippen LogP contribution in [0.15, 0.2) is 12.1 Å². The van der Waals surface area contributed by atoms with E-state index in [1.807, 2.05) is 13.8 Å². The van der Waals surface area contributed by atoms with Crippen LogP contribution in [0.5, 0.6) is 0 Å². The Morgan fingerprint density at radius 2 is 2.00 bits per heavy atom. The van der Waals surface area contributed by atoms with E-state index >= 15 is 0 Å². The van der Waals surface area contributed by atoms with Crippen molar-refractivity contribution in [2.45, 2.75) is 39.2 Å². The number of amides is 1. The van der Waals surface area contributed by atoms with Crippen molar-refractivity contribution in [2.24, 2.45) is 0 Å². The third kappa shape index (κ3) is 3.70. The van der Waals surface area contributed by atoms with Gasteiger partial charge >= 0.3 is 5.97 Å². The van der Waals surface area contributed by atoms with Crippen LogP contribution in [-0.2, 0) is 4.79 Å². The average Bonchev–Trinajstić information content (AvgIpc) is 2.37. The summed E-state index contributed by atoms with van der Waals surface area (Å²) in [4.78, 5) is 28.8. The molecule has 0 saturated carbocycles. The summed E-state index contributed by atoms with van der Waals surface area (Å²) in [5.74, 6) is -1.26. The van der Waals surface area contributed by atoms with Crippen molar-refractivity contribution >= 4 is 23.5 Å². The van der Waals surface area contributed by atoms with Crippen molar-refractivity contribution in [1.82, 2.24) is 9.88 Å². The minimum atomic E-state index is -1.02. The van der Waals surface area contributed by atoms with Gasteiger partial charge in [-0.05, 0) is 24.5 Å². The molecule has 6 heteroatoms. The highest BCUT2D eigenvalue weighted by Gasteiger charge is 2.26. The van der Waals surface area contributed by atoms with Crippen LogP contribution in [0.3, 0.4) is 0 Å². The van der Waals surface area contributed by atoms with Crippen LogP contribution < -0.4 is 0 Å². The summed E-state index contributed by atoms with van der Waals surface area (Å²) in [6.07, 6.45) is 0.341. The molecule has 1 rings (SSSR count). The number of hydrogen-bond acceptors (Lipinski definition) is 3. The van der Waals surface area contributed by atoms with Gasteiger partial charge in [-0.25, -0.2) is 9.78 Å². The fourth-order valence-electron chi connectivity index (χ4n) is 1.90. The number of carbonyl (C=O) groups excluding carboxylic acids is 1. The summed E-state index contributed by atoms with van der Waals surface area (Å²) < 4.78 is 0. The molecule has 0 spiro atoms. The molecule has 1 aromatic rings. The quantitative estimate of drug-likeness (QED) is 0.849. The minimum Gasteiger partial charge on any atom is -0.480 e. The molecule has 1 N–H and O–H groups in total. The monoisotopic (exact) mass is 298 g/mol. The Labute approximate surface area is 123 Å². The first-order chi connectivity index (χ1) is 9.27. The van der Waals surface area contributed by atoms with Crippen molar-refractivity contribution in [3.63, 3.8) is 0 Å². The fraction of sp³-hybridized carbons (Fsp3) is 0.500. The van der Waals surface area contributed by atoms with Gasteiger partial charge in [0.2, 0.25) is 0 Å². The molecule has 110 valence electrons. The second-order valence-electron chi connectivity index (χ2n) is 4.94. The van der Waals surface area contributed by atoms with E-state index in [9.17, 15) is 9.59 Å². The number of rotatable bonds is 5. The van der Waals surface area contributed by atoms with Crippen molar-refractivity contribution in [3.8, 4) is 0 Å². The predicted octanol–water partition coefficient (Wildman–Crippen LogP) is 2.79. The fourth-order valence-corrected chi connectivity index (χ4v) is 2.11. The van der Waals surface area contributed by atoms with E-state index in [0.29, 0.717) is 17.7 Å². The normalized spacial score (nSPS) is 12.3. The molecule has 5 nitrogen and oxygen atoms in total. The zero-order chi connectivity index (χ0) is 15.4. The Bertz CT molecular complexity index is 517. The first-order valence-corrected chi connectivity index (χ1v) is 6.83. The number of carbonyl (C=O) groups is 2. The second kappa shape index (κ2) is 6.70. The highest BCUT2D eigenvalue weighted by Crippen LogP contribution is 2.19. The number of pyridine rings is 1. The van der Waals surface area contributed by atoms with Crippen LogP contribution in [0.25, 0.3) is 0 Å². The number of likely N-dealkylation sites (N-methyl/N-ethyl adjacent to an activating group) is 1. The summed E-state index contributed by atoms with van der Waals surface area (Å²) in [6.45, 7) is 5.62. The maximum Gasteiger partial charge on any atom is 0.326 e. The first-order valence-electron chi connectivity index (χ1n) is 6.45. The predicted molar refractivity (Wildman–Crippen MR) is 77.1 cm³/mol. The standard InChI is InChI=1S/C14H19ClN2O3/c1-5-11(14(19)20)17(4)13(18)9-6-10(8(2)3)16-12(15)7-9/h6-8,11H,5H2,1-4H3,(H,19,20). The van der Waals surface area contributed by atoms with Gasteiger partial charge in [-0.3, -0.25) is 4.79 Å². The molecule has 0 radical (unpaired) electrons. The molecule has 0 aliphatic rings. The van der Waals surface area contributed by atoms with Crippen LogP contribution >= 0.6 is 11.6 Å². The molecule has 1 heterocycles. The van der Waals surface area contributed by atoms with Gasteiger partial charge in [-0.15, -0.1) is 0 Å². The van der Waals surface area contributed by atoms with Gasteiger partial charge in [-0.1, -0.05) is 32.4 Å². The number of carboxylic acids is 1. The van der Waals surface area contributed by atoms with Gasteiger partial charge in [-0.2, -0.15) is 0 Å². The molecule has 0 aromatic carbocycles. The molecule has 20 heavy (non-hydrogen) atoms. The van der Waals surface area contributed by atoms with E-state index in [1.165, 1.54) is 18.0 Å². The Kier molecular flexibility index (Phi) is 5.51. The van der Waals surface area contributed by atoms with Gasteiger partial charge in [0.25, 0.3) is 5.91 Å². The topological polar surface area (TPSA) is 70.5 Å². The second-order valence-corrected chi connectivity index (χ2v) is 5.32. The Morgan fingerprint density at radius 3 is 2.45 bits per heavy atom. The molecule has 0 saturated heterocycles. The molecular weight excluding hydrogens is 280 g/mol. The van der Waals surface area contributed by atoms with E-state index in [4.69, 9.17) is 16.7 Å². The summed E-state index contributed by atoms with van der Waals surface area (Å²) in [5, 5.41) is 9.34. The number of aliphatic carboxylic acids is 1.